The SMILES string of the molecule is CC(C)[C@@H]1CN(C(=O)c2cc(-c3ccccc3)on2)CC(=O)NCCCc2ccc(F)c(c2)C(=O)N2CCC[C@H]2C(=O)N1. The predicted octanol–water partition coefficient (Wildman–Crippen LogP) is 3.43. The molecule has 2 aromatic carbocycles. The third kappa shape index (κ3) is 6.93. The van der Waals surface area contributed by atoms with Gasteiger partial charge < -0.3 is 25.0 Å². The molecule has 2 N–H and O–H groups in total. The van der Waals surface area contributed by atoms with E-state index in [-0.39, 0.29) is 42.1 Å². The van der Waals surface area contributed by atoms with Crippen molar-refractivity contribution in [2.45, 2.75) is 51.6 Å². The predicted molar refractivity (Wildman–Crippen MR) is 156 cm³/mol. The summed E-state index contributed by atoms with van der Waals surface area (Å²) in [5, 5.41) is 9.83. The summed E-state index contributed by atoms with van der Waals surface area (Å²) in [5.74, 6) is -2.12. The highest BCUT2D eigenvalue weighted by molar-refractivity contribution is 5.98. The summed E-state index contributed by atoms with van der Waals surface area (Å²) in [6.07, 6.45) is 2.10. The van der Waals surface area contributed by atoms with E-state index in [9.17, 15) is 23.6 Å². The van der Waals surface area contributed by atoms with Crippen molar-refractivity contribution in [3.05, 3.63) is 77.2 Å². The highest BCUT2D eigenvalue weighted by Gasteiger charge is 2.37. The number of nitrogens with zero attached hydrogens (tertiary/aromatic N) is 3. The Morgan fingerprint density at radius 2 is 1.86 bits per heavy atom. The monoisotopic (exact) mass is 589 g/mol. The van der Waals surface area contributed by atoms with Gasteiger partial charge in [-0.25, -0.2) is 4.39 Å². The Labute approximate surface area is 249 Å². The van der Waals surface area contributed by atoms with Gasteiger partial charge in [-0.3, -0.25) is 19.2 Å². The summed E-state index contributed by atoms with van der Waals surface area (Å²) in [7, 11) is 0. The molecule has 5 rings (SSSR count). The van der Waals surface area contributed by atoms with Crippen LogP contribution in [0.25, 0.3) is 11.3 Å². The van der Waals surface area contributed by atoms with Crippen LogP contribution in [0.3, 0.4) is 0 Å². The van der Waals surface area contributed by atoms with Gasteiger partial charge in [0.25, 0.3) is 11.8 Å². The molecule has 11 heteroatoms. The van der Waals surface area contributed by atoms with Gasteiger partial charge in [-0.05, 0) is 49.3 Å². The summed E-state index contributed by atoms with van der Waals surface area (Å²) in [6, 6.07) is 13.9. The summed E-state index contributed by atoms with van der Waals surface area (Å²) >= 11 is 0. The minimum absolute atomic E-state index is 0.0270. The van der Waals surface area contributed by atoms with Crippen molar-refractivity contribution >= 4 is 23.6 Å². The molecule has 4 amide bonds. The van der Waals surface area contributed by atoms with E-state index in [4.69, 9.17) is 4.52 Å². The van der Waals surface area contributed by atoms with Gasteiger partial charge in [-0.2, -0.15) is 0 Å². The molecular weight excluding hydrogens is 553 g/mol. The zero-order valence-electron chi connectivity index (χ0n) is 24.3. The third-order valence-corrected chi connectivity index (χ3v) is 8.00. The smallest absolute Gasteiger partial charge is 0.276 e. The Balaban J connectivity index is 1.43. The Hall–Kier alpha value is -4.54. The lowest BCUT2D eigenvalue weighted by molar-refractivity contribution is -0.126. The Morgan fingerprint density at radius 1 is 1.07 bits per heavy atom. The van der Waals surface area contributed by atoms with Crippen LogP contribution in [-0.4, -0.2) is 76.8 Å². The molecule has 2 aliphatic rings. The van der Waals surface area contributed by atoms with Crippen LogP contribution in [0.5, 0.6) is 0 Å². The van der Waals surface area contributed by atoms with Crippen LogP contribution < -0.4 is 10.6 Å². The molecule has 0 saturated carbocycles. The number of carbonyl (C=O) groups excluding carboxylic acids is 4. The van der Waals surface area contributed by atoms with Gasteiger partial charge in [0, 0.05) is 37.3 Å². The fraction of sp³-hybridized carbons (Fsp3) is 0.406. The minimum atomic E-state index is -0.774. The normalized spacial score (nSPS) is 20.4. The number of hydrogen-bond acceptors (Lipinski definition) is 6. The zero-order chi connectivity index (χ0) is 30.5. The number of amides is 4. The standard InChI is InChI=1S/C32H36FN5O5/c1-20(2)26-18-37(32(42)25-17-28(43-36-25)22-9-4-3-5-10-22)19-29(39)34-14-6-8-21-12-13-24(33)23(16-21)31(41)38-15-7-11-27(38)30(40)35-26/h3-5,9-10,12-13,16-17,20,26-27H,6-8,11,14-15,18-19H2,1-2H3,(H,34,39)(H,35,40)/t26-,27-/m0/s1. The minimum Gasteiger partial charge on any atom is -0.355 e. The molecule has 1 aromatic heterocycles. The first kappa shape index (κ1) is 29.9. The van der Waals surface area contributed by atoms with E-state index in [1.165, 1.54) is 28.0 Å². The number of carbonyl (C=O) groups is 4. The van der Waals surface area contributed by atoms with Crippen LogP contribution >= 0.6 is 0 Å². The lowest BCUT2D eigenvalue weighted by Crippen LogP contribution is -2.54. The molecule has 10 nitrogen and oxygen atoms in total. The lowest BCUT2D eigenvalue weighted by Gasteiger charge is -2.32. The van der Waals surface area contributed by atoms with E-state index in [0.29, 0.717) is 44.5 Å². The molecule has 0 aliphatic carbocycles. The molecule has 226 valence electrons. The maximum absolute atomic E-state index is 14.8. The number of aromatic nitrogens is 1. The van der Waals surface area contributed by atoms with Crippen LogP contribution in [0.15, 0.2) is 59.1 Å². The number of benzene rings is 2. The number of aryl methyl sites for hydroxylation is 1. The molecule has 1 fully saturated rings. The van der Waals surface area contributed by atoms with Crippen LogP contribution in [-0.2, 0) is 16.0 Å². The van der Waals surface area contributed by atoms with Gasteiger partial charge >= 0.3 is 0 Å². The highest BCUT2D eigenvalue weighted by Crippen LogP contribution is 2.24. The Bertz CT molecular complexity index is 1490. The largest absolute Gasteiger partial charge is 0.355 e. The topological polar surface area (TPSA) is 125 Å². The average Bonchev–Trinajstić information content (AvgIpc) is 3.69. The number of halogens is 1. The van der Waals surface area contributed by atoms with Crippen LogP contribution in [0, 0.1) is 11.7 Å². The number of fused-ring (bicyclic) bond motifs is 3. The van der Waals surface area contributed by atoms with Gasteiger partial charge in [-0.1, -0.05) is 55.4 Å². The molecule has 3 heterocycles. The van der Waals surface area contributed by atoms with Crippen LogP contribution in [0.1, 0.15) is 59.5 Å². The maximum Gasteiger partial charge on any atom is 0.276 e. The van der Waals surface area contributed by atoms with Crippen molar-refractivity contribution in [1.82, 2.24) is 25.6 Å². The highest BCUT2D eigenvalue weighted by atomic mass is 19.1. The molecule has 0 spiro atoms. The van der Waals surface area contributed by atoms with E-state index in [0.717, 1.165) is 11.1 Å². The zero-order valence-corrected chi connectivity index (χ0v) is 24.3. The van der Waals surface area contributed by atoms with Crippen molar-refractivity contribution in [2.24, 2.45) is 5.92 Å². The summed E-state index contributed by atoms with van der Waals surface area (Å²) in [5.41, 5.74) is 1.48. The number of hydrogen-bond donors (Lipinski definition) is 2. The molecule has 1 saturated heterocycles. The van der Waals surface area contributed by atoms with Crippen molar-refractivity contribution < 1.29 is 28.1 Å². The quantitative estimate of drug-likeness (QED) is 0.483. The molecule has 2 bridgehead atoms. The Morgan fingerprint density at radius 3 is 2.63 bits per heavy atom. The molecule has 43 heavy (non-hydrogen) atoms. The van der Waals surface area contributed by atoms with Gasteiger partial charge in [-0.15, -0.1) is 0 Å². The second kappa shape index (κ2) is 13.2. The number of rotatable bonds is 3. The molecule has 3 aromatic rings. The first-order valence-electron chi connectivity index (χ1n) is 14.7. The molecule has 2 aliphatic heterocycles. The van der Waals surface area contributed by atoms with Crippen molar-refractivity contribution in [3.8, 4) is 11.3 Å². The summed E-state index contributed by atoms with van der Waals surface area (Å²) in [6.45, 7) is 4.24. The van der Waals surface area contributed by atoms with Gasteiger partial charge in [0.2, 0.25) is 11.8 Å². The molecule has 2 atom stereocenters. The van der Waals surface area contributed by atoms with Crippen molar-refractivity contribution in [1.29, 1.82) is 0 Å². The van der Waals surface area contributed by atoms with Crippen LogP contribution in [0.4, 0.5) is 4.39 Å². The first-order valence-corrected chi connectivity index (χ1v) is 14.7. The maximum atomic E-state index is 14.8. The van der Waals surface area contributed by atoms with Crippen LogP contribution in [0.2, 0.25) is 0 Å². The van der Waals surface area contributed by atoms with Gasteiger partial charge in [0.1, 0.15) is 11.9 Å². The third-order valence-electron chi connectivity index (χ3n) is 8.00. The Kier molecular flexibility index (Phi) is 9.18. The first-order chi connectivity index (χ1) is 20.7. The molecule has 0 radical (unpaired) electrons. The van der Waals surface area contributed by atoms with Gasteiger partial charge in [0.05, 0.1) is 12.1 Å². The van der Waals surface area contributed by atoms with Gasteiger partial charge in [0.15, 0.2) is 11.5 Å². The fourth-order valence-corrected chi connectivity index (χ4v) is 5.51. The summed E-state index contributed by atoms with van der Waals surface area (Å²) in [4.78, 5) is 56.5. The van der Waals surface area contributed by atoms with E-state index >= 15 is 0 Å². The lowest BCUT2D eigenvalue weighted by atomic mass is 10.0. The summed E-state index contributed by atoms with van der Waals surface area (Å²) < 4.78 is 20.2. The molecule has 0 unspecified atom stereocenters. The van der Waals surface area contributed by atoms with Crippen molar-refractivity contribution in [2.75, 3.05) is 26.2 Å². The second-order valence-electron chi connectivity index (χ2n) is 11.4. The van der Waals surface area contributed by atoms with E-state index in [1.807, 2.05) is 44.2 Å². The van der Waals surface area contributed by atoms with E-state index in [2.05, 4.69) is 15.8 Å². The number of nitrogens with one attached hydrogen (secondary N) is 2. The average molecular weight is 590 g/mol. The van der Waals surface area contributed by atoms with Crippen molar-refractivity contribution in [3.63, 3.8) is 0 Å². The van der Waals surface area contributed by atoms with E-state index in [1.54, 1.807) is 6.07 Å². The second-order valence-corrected chi connectivity index (χ2v) is 11.4. The molecular formula is C32H36FN5O5. The fourth-order valence-electron chi connectivity index (χ4n) is 5.51. The van der Waals surface area contributed by atoms with E-state index < -0.39 is 29.7 Å².